The third-order valence-electron chi connectivity index (χ3n) is 3.31. The molecule has 0 saturated heterocycles. The van der Waals surface area contributed by atoms with Gasteiger partial charge in [0.15, 0.2) is 0 Å². The van der Waals surface area contributed by atoms with Gasteiger partial charge in [-0.05, 0) is 46.2 Å². The molecule has 0 aliphatic carbocycles. The SMILES string of the molecule is CCCc1nc(-c2ccc(C)nc2)c(N)n1C(C)(C)C. The van der Waals surface area contributed by atoms with Crippen LogP contribution < -0.4 is 5.73 Å². The molecule has 0 spiro atoms. The first-order valence-electron chi connectivity index (χ1n) is 7.15. The second-order valence-corrected chi connectivity index (χ2v) is 6.21. The summed E-state index contributed by atoms with van der Waals surface area (Å²) in [5.41, 5.74) is 9.11. The van der Waals surface area contributed by atoms with Crippen LogP contribution in [0.25, 0.3) is 11.3 Å². The van der Waals surface area contributed by atoms with E-state index < -0.39 is 0 Å². The molecule has 0 bridgehead atoms. The fourth-order valence-corrected chi connectivity index (χ4v) is 2.44. The predicted octanol–water partition coefficient (Wildman–Crippen LogP) is 3.54. The van der Waals surface area contributed by atoms with Crippen LogP contribution in [0.3, 0.4) is 0 Å². The molecule has 20 heavy (non-hydrogen) atoms. The van der Waals surface area contributed by atoms with Crippen LogP contribution in [-0.4, -0.2) is 14.5 Å². The summed E-state index contributed by atoms with van der Waals surface area (Å²) in [6.07, 6.45) is 3.83. The van der Waals surface area contributed by atoms with Gasteiger partial charge in [0.05, 0.1) is 0 Å². The summed E-state index contributed by atoms with van der Waals surface area (Å²) in [7, 11) is 0. The average molecular weight is 272 g/mol. The van der Waals surface area contributed by atoms with Gasteiger partial charge in [-0.25, -0.2) is 4.98 Å². The standard InChI is InChI=1S/C16H24N4/c1-6-7-13-19-14(12-9-8-11(2)18-10-12)15(17)20(13)16(3,4)5/h8-10H,6-7,17H2,1-5H3. The molecule has 0 atom stereocenters. The lowest BCUT2D eigenvalue weighted by molar-refractivity contribution is 0.387. The van der Waals surface area contributed by atoms with Crippen LogP contribution >= 0.6 is 0 Å². The maximum absolute atomic E-state index is 6.36. The first-order chi connectivity index (χ1) is 9.34. The fraction of sp³-hybridized carbons (Fsp3) is 0.500. The Hall–Kier alpha value is -1.84. The van der Waals surface area contributed by atoms with Crippen LogP contribution in [0.2, 0.25) is 0 Å². The summed E-state index contributed by atoms with van der Waals surface area (Å²) in [4.78, 5) is 9.10. The number of nitrogens with two attached hydrogens (primary N) is 1. The maximum Gasteiger partial charge on any atom is 0.132 e. The molecule has 0 saturated carbocycles. The molecule has 0 aliphatic rings. The van der Waals surface area contributed by atoms with Crippen LogP contribution in [0.5, 0.6) is 0 Å². The number of rotatable bonds is 3. The molecule has 0 amide bonds. The van der Waals surface area contributed by atoms with Crippen molar-refractivity contribution in [2.45, 2.75) is 53.0 Å². The van der Waals surface area contributed by atoms with Crippen molar-refractivity contribution in [1.29, 1.82) is 0 Å². The first-order valence-corrected chi connectivity index (χ1v) is 7.15. The van der Waals surface area contributed by atoms with E-state index in [9.17, 15) is 0 Å². The van der Waals surface area contributed by atoms with E-state index in [0.717, 1.165) is 41.4 Å². The lowest BCUT2D eigenvalue weighted by Crippen LogP contribution is -2.25. The van der Waals surface area contributed by atoms with Crippen LogP contribution in [-0.2, 0) is 12.0 Å². The van der Waals surface area contributed by atoms with Crippen LogP contribution in [0.15, 0.2) is 18.3 Å². The zero-order valence-corrected chi connectivity index (χ0v) is 13.1. The Morgan fingerprint density at radius 2 is 1.95 bits per heavy atom. The molecule has 0 unspecified atom stereocenters. The minimum absolute atomic E-state index is 0.0715. The molecule has 2 rings (SSSR count). The molecule has 4 heteroatoms. The summed E-state index contributed by atoms with van der Waals surface area (Å²) < 4.78 is 2.14. The maximum atomic E-state index is 6.36. The van der Waals surface area contributed by atoms with E-state index in [1.165, 1.54) is 0 Å². The van der Waals surface area contributed by atoms with Crippen molar-refractivity contribution in [2.75, 3.05) is 5.73 Å². The summed E-state index contributed by atoms with van der Waals surface area (Å²) in [5.74, 6) is 1.78. The van der Waals surface area contributed by atoms with Gasteiger partial charge in [0.2, 0.25) is 0 Å². The fourth-order valence-electron chi connectivity index (χ4n) is 2.44. The first kappa shape index (κ1) is 14.6. The van der Waals surface area contributed by atoms with Gasteiger partial charge in [-0.2, -0.15) is 0 Å². The van der Waals surface area contributed by atoms with Gasteiger partial charge in [0, 0.05) is 29.4 Å². The van der Waals surface area contributed by atoms with Crippen LogP contribution in [0.1, 0.15) is 45.6 Å². The second-order valence-electron chi connectivity index (χ2n) is 6.21. The Kier molecular flexibility index (Phi) is 3.84. The molecule has 2 aromatic rings. The van der Waals surface area contributed by atoms with Crippen LogP contribution in [0.4, 0.5) is 5.82 Å². The number of imidazole rings is 1. The highest BCUT2D eigenvalue weighted by Gasteiger charge is 2.24. The van der Waals surface area contributed by atoms with Gasteiger partial charge in [0.25, 0.3) is 0 Å². The number of nitrogens with zero attached hydrogens (tertiary/aromatic N) is 3. The van der Waals surface area contributed by atoms with Crippen molar-refractivity contribution >= 4 is 5.82 Å². The second kappa shape index (κ2) is 5.27. The van der Waals surface area contributed by atoms with Crippen molar-refractivity contribution in [1.82, 2.24) is 14.5 Å². The number of hydrogen-bond acceptors (Lipinski definition) is 3. The summed E-state index contributed by atoms with van der Waals surface area (Å²) in [5, 5.41) is 0. The molecule has 0 fully saturated rings. The van der Waals surface area contributed by atoms with Gasteiger partial charge >= 0.3 is 0 Å². The Morgan fingerprint density at radius 1 is 1.25 bits per heavy atom. The topological polar surface area (TPSA) is 56.7 Å². The van der Waals surface area contributed by atoms with E-state index in [4.69, 9.17) is 10.7 Å². The number of nitrogen functional groups attached to an aromatic ring is 1. The summed E-state index contributed by atoms with van der Waals surface area (Å²) >= 11 is 0. The molecule has 4 nitrogen and oxygen atoms in total. The Bertz CT molecular complexity index is 588. The summed E-state index contributed by atoms with van der Waals surface area (Å²) in [6, 6.07) is 4.02. The number of hydrogen-bond donors (Lipinski definition) is 1. The lowest BCUT2D eigenvalue weighted by Gasteiger charge is -2.25. The molecule has 2 N–H and O–H groups in total. The Labute approximate surface area is 121 Å². The van der Waals surface area contributed by atoms with E-state index in [-0.39, 0.29) is 5.54 Å². The zero-order chi connectivity index (χ0) is 14.9. The van der Waals surface area contributed by atoms with Crippen molar-refractivity contribution in [3.63, 3.8) is 0 Å². The van der Waals surface area contributed by atoms with Crippen LogP contribution in [0, 0.1) is 6.92 Å². The predicted molar refractivity (Wildman–Crippen MR) is 83.6 cm³/mol. The number of pyridine rings is 1. The molecular weight excluding hydrogens is 248 g/mol. The average Bonchev–Trinajstić information content (AvgIpc) is 2.67. The van der Waals surface area contributed by atoms with Gasteiger partial charge < -0.3 is 10.3 Å². The van der Waals surface area contributed by atoms with Gasteiger partial charge in [-0.15, -0.1) is 0 Å². The van der Waals surface area contributed by atoms with Gasteiger partial charge in [0.1, 0.15) is 17.3 Å². The third-order valence-corrected chi connectivity index (χ3v) is 3.31. The molecule has 108 valence electrons. The Morgan fingerprint density at radius 3 is 2.45 bits per heavy atom. The monoisotopic (exact) mass is 272 g/mol. The summed E-state index contributed by atoms with van der Waals surface area (Å²) in [6.45, 7) is 10.6. The van der Waals surface area contributed by atoms with Crippen molar-refractivity contribution in [3.05, 3.63) is 29.8 Å². The van der Waals surface area contributed by atoms with Crippen molar-refractivity contribution in [2.24, 2.45) is 0 Å². The zero-order valence-electron chi connectivity index (χ0n) is 13.1. The number of aromatic nitrogens is 3. The normalized spacial score (nSPS) is 11.8. The Balaban J connectivity index is 2.58. The molecule has 0 aromatic carbocycles. The van der Waals surface area contributed by atoms with E-state index in [1.807, 2.05) is 25.3 Å². The minimum atomic E-state index is -0.0715. The molecule has 0 aliphatic heterocycles. The van der Waals surface area contributed by atoms with Gasteiger partial charge in [-0.1, -0.05) is 6.92 Å². The molecule has 2 heterocycles. The van der Waals surface area contributed by atoms with E-state index >= 15 is 0 Å². The highest BCUT2D eigenvalue weighted by atomic mass is 15.2. The lowest BCUT2D eigenvalue weighted by atomic mass is 10.1. The van der Waals surface area contributed by atoms with Crippen molar-refractivity contribution in [3.8, 4) is 11.3 Å². The minimum Gasteiger partial charge on any atom is -0.383 e. The number of aryl methyl sites for hydroxylation is 2. The smallest absolute Gasteiger partial charge is 0.132 e. The van der Waals surface area contributed by atoms with Gasteiger partial charge in [-0.3, -0.25) is 4.98 Å². The molecule has 2 aromatic heterocycles. The highest BCUT2D eigenvalue weighted by Crippen LogP contribution is 2.31. The number of anilines is 1. The molecule has 0 radical (unpaired) electrons. The quantitative estimate of drug-likeness (QED) is 0.929. The van der Waals surface area contributed by atoms with E-state index in [2.05, 4.69) is 37.2 Å². The third kappa shape index (κ3) is 2.69. The molecular formula is C16H24N4. The highest BCUT2D eigenvalue weighted by molar-refractivity contribution is 5.70. The van der Waals surface area contributed by atoms with E-state index in [1.54, 1.807) is 0 Å². The van der Waals surface area contributed by atoms with E-state index in [0.29, 0.717) is 0 Å². The van der Waals surface area contributed by atoms with Crippen molar-refractivity contribution < 1.29 is 0 Å². The largest absolute Gasteiger partial charge is 0.383 e.